The van der Waals surface area contributed by atoms with Crippen LogP contribution in [0.1, 0.15) is 37.6 Å². The van der Waals surface area contributed by atoms with Gasteiger partial charge in [0.25, 0.3) is 0 Å². The molecule has 0 fully saturated rings. The largest absolute Gasteiger partial charge is 0.492 e. The Morgan fingerprint density at radius 1 is 1.09 bits per heavy atom. The van der Waals surface area contributed by atoms with Gasteiger partial charge < -0.3 is 19.7 Å². The zero-order valence-corrected chi connectivity index (χ0v) is 22.5. The van der Waals surface area contributed by atoms with E-state index in [2.05, 4.69) is 65.8 Å². The van der Waals surface area contributed by atoms with Gasteiger partial charge in [-0.05, 0) is 58.0 Å². The fourth-order valence-electron chi connectivity index (χ4n) is 3.38. The molecule has 7 nitrogen and oxygen atoms in total. The zero-order chi connectivity index (χ0) is 24.7. The monoisotopic (exact) mass is 595 g/mol. The molecule has 0 aliphatic heterocycles. The Morgan fingerprint density at radius 3 is 2.41 bits per heavy atom. The van der Waals surface area contributed by atoms with Crippen molar-refractivity contribution in [1.29, 1.82) is 0 Å². The summed E-state index contributed by atoms with van der Waals surface area (Å²) in [6, 6.07) is 14.2. The highest BCUT2D eigenvalue weighted by molar-refractivity contribution is 14.1. The Morgan fingerprint density at radius 2 is 1.79 bits per heavy atom. The number of halogens is 2. The molecule has 1 aromatic heterocycles. The zero-order valence-electron chi connectivity index (χ0n) is 19.6. The molecule has 0 saturated heterocycles. The molecule has 2 aromatic carbocycles. The lowest BCUT2D eigenvalue weighted by atomic mass is 9.78. The predicted molar refractivity (Wildman–Crippen MR) is 141 cm³/mol. The van der Waals surface area contributed by atoms with Crippen molar-refractivity contribution in [1.82, 2.24) is 15.0 Å². The Balaban J connectivity index is 1.59. The van der Waals surface area contributed by atoms with E-state index in [4.69, 9.17) is 26.2 Å². The minimum Gasteiger partial charge on any atom is -0.492 e. The van der Waals surface area contributed by atoms with E-state index >= 15 is 0 Å². The first-order valence-corrected chi connectivity index (χ1v) is 12.7. The Kier molecular flexibility index (Phi) is 9.58. The van der Waals surface area contributed by atoms with Crippen molar-refractivity contribution in [3.63, 3.8) is 0 Å². The summed E-state index contributed by atoms with van der Waals surface area (Å²) in [5.74, 6) is 2.43. The molecule has 0 aliphatic rings. The molecule has 2 N–H and O–H groups in total. The first-order chi connectivity index (χ1) is 16.2. The molecule has 184 valence electrons. The molecule has 2 atom stereocenters. The number of hydrogen-bond donors (Lipinski definition) is 2. The molecular weight excluding hydrogens is 565 g/mol. The van der Waals surface area contributed by atoms with Gasteiger partial charge in [-0.3, -0.25) is 0 Å². The molecule has 0 radical (unpaired) electrons. The minimum absolute atomic E-state index is 0.124. The lowest BCUT2D eigenvalue weighted by Gasteiger charge is -2.27. The highest BCUT2D eigenvalue weighted by atomic mass is 123. The second kappa shape index (κ2) is 12.2. The van der Waals surface area contributed by atoms with Crippen molar-refractivity contribution in [2.45, 2.75) is 45.4 Å². The van der Waals surface area contributed by atoms with Crippen molar-refractivity contribution in [3.8, 4) is 11.5 Å². The molecule has 0 unspecified atom stereocenters. The van der Waals surface area contributed by atoms with Crippen LogP contribution in [-0.4, -0.2) is 50.4 Å². The molecule has 3 aromatic rings. The van der Waals surface area contributed by atoms with Gasteiger partial charge in [-0.15, -0.1) is 16.7 Å². The van der Waals surface area contributed by atoms with Gasteiger partial charge in [0.1, 0.15) is 29.9 Å². The number of hydrogen-bond acceptors (Lipinski definition) is 6. The summed E-state index contributed by atoms with van der Waals surface area (Å²) >= 11 is 8.19. The lowest BCUT2D eigenvalue weighted by Crippen LogP contribution is -2.24. The maximum atomic E-state index is 10.2. The summed E-state index contributed by atoms with van der Waals surface area (Å²) in [7, 11) is 0. The number of nitrogens with zero attached hydrogens (tertiary/aromatic N) is 3. The van der Waals surface area contributed by atoms with Crippen molar-refractivity contribution in [2.24, 2.45) is 5.92 Å². The van der Waals surface area contributed by atoms with Crippen molar-refractivity contribution >= 4 is 34.2 Å². The van der Waals surface area contributed by atoms with Gasteiger partial charge in [-0.25, -0.2) is 4.68 Å². The van der Waals surface area contributed by atoms with Gasteiger partial charge in [0.2, 0.25) is 0 Å². The van der Waals surface area contributed by atoms with E-state index in [1.54, 1.807) is 6.20 Å². The number of rotatable bonds is 12. The van der Waals surface area contributed by atoms with Gasteiger partial charge in [0, 0.05) is 17.2 Å². The third-order valence-electron chi connectivity index (χ3n) is 5.60. The Labute approximate surface area is 219 Å². The summed E-state index contributed by atoms with van der Waals surface area (Å²) in [5, 5.41) is 26.9. The van der Waals surface area contributed by atoms with Gasteiger partial charge in [-0.1, -0.05) is 44.2 Å². The number of aliphatic hydroxyl groups excluding tert-OH is 2. The first-order valence-electron chi connectivity index (χ1n) is 11.1. The first kappa shape index (κ1) is 26.7. The smallest absolute Gasteiger partial charge is 0.132 e. The molecule has 0 saturated carbocycles. The van der Waals surface area contributed by atoms with Crippen LogP contribution in [0, 0.1) is 9.49 Å². The van der Waals surface area contributed by atoms with E-state index in [0.29, 0.717) is 29.8 Å². The average molecular weight is 596 g/mol. The average Bonchev–Trinajstić information content (AvgIpc) is 3.29. The number of benzene rings is 2. The third-order valence-corrected chi connectivity index (χ3v) is 6.97. The fourth-order valence-corrected chi connectivity index (χ4v) is 4.14. The summed E-state index contributed by atoms with van der Waals surface area (Å²) in [6.45, 7) is 7.22. The number of ether oxygens (including phenoxy) is 2. The van der Waals surface area contributed by atoms with Crippen LogP contribution >= 0.6 is 34.2 Å². The minimum atomic E-state index is -0.750. The van der Waals surface area contributed by atoms with Crippen molar-refractivity contribution in [3.05, 3.63) is 69.1 Å². The Bertz CT molecular complexity index is 1060. The van der Waals surface area contributed by atoms with Crippen LogP contribution in [0.25, 0.3) is 0 Å². The lowest BCUT2D eigenvalue weighted by molar-refractivity contribution is 0.0888. The summed E-state index contributed by atoms with van der Waals surface area (Å²) in [5.41, 5.74) is 2.59. The van der Waals surface area contributed by atoms with Crippen LogP contribution < -0.4 is 9.47 Å². The molecule has 34 heavy (non-hydrogen) atoms. The topological polar surface area (TPSA) is 89.6 Å². The van der Waals surface area contributed by atoms with Crippen LogP contribution in [0.5, 0.6) is 11.5 Å². The molecule has 0 aliphatic carbocycles. The molecule has 0 amide bonds. The maximum absolute atomic E-state index is 10.2. The highest BCUT2D eigenvalue weighted by Crippen LogP contribution is 2.35. The fraction of sp³-hybridized carbons (Fsp3) is 0.440. The van der Waals surface area contributed by atoms with Crippen LogP contribution in [0.2, 0.25) is 0 Å². The molecule has 9 heteroatoms. The summed E-state index contributed by atoms with van der Waals surface area (Å²) in [6.07, 6.45) is 0.847. The molecule has 0 bridgehead atoms. The predicted octanol–water partition coefficient (Wildman–Crippen LogP) is 4.39. The van der Waals surface area contributed by atoms with Gasteiger partial charge in [0.05, 0.1) is 29.5 Å². The van der Waals surface area contributed by atoms with Crippen LogP contribution in [0.4, 0.5) is 0 Å². The number of aliphatic hydroxyl groups is 2. The molecule has 3 rings (SSSR count). The SMILES string of the molecule is C[C@@H](CCl)COc1ccc(C(C)(C)c2ccc(OC[C@@H](O)Cn3cc(CO)nn3)cc2)cc1[123I]. The Hall–Kier alpha value is -1.88. The quantitative estimate of drug-likeness (QED) is 0.239. The second-order valence-electron chi connectivity index (χ2n) is 8.92. The van der Waals surface area contributed by atoms with Crippen LogP contribution in [0.3, 0.4) is 0 Å². The van der Waals surface area contributed by atoms with E-state index in [1.165, 1.54) is 10.2 Å². The number of alkyl halides is 1. The van der Waals surface area contributed by atoms with Crippen molar-refractivity contribution < 1.29 is 19.7 Å². The summed E-state index contributed by atoms with van der Waals surface area (Å²) < 4.78 is 14.2. The highest BCUT2D eigenvalue weighted by Gasteiger charge is 2.24. The standard InChI is InChI=1S/C25H31ClIN3O4/c1-17(11-26)15-34-24-9-6-19(10-23(24)27)25(2,3)18-4-7-22(8-5-18)33-16-21(32)13-30-12-20(14-31)28-29-30/h4-10,12,17,21,31-32H,11,13-16H2,1-3H3/t17-,21-/m0/s1/i27-4. The molecular formula is C25H31ClIN3O4. The van der Waals surface area contributed by atoms with Gasteiger partial charge in [-0.2, -0.15) is 0 Å². The van der Waals surface area contributed by atoms with Crippen LogP contribution in [-0.2, 0) is 18.6 Å². The summed E-state index contributed by atoms with van der Waals surface area (Å²) in [4.78, 5) is 0. The van der Waals surface area contributed by atoms with E-state index in [1.807, 2.05) is 30.3 Å². The van der Waals surface area contributed by atoms with Crippen molar-refractivity contribution in [2.75, 3.05) is 19.1 Å². The van der Waals surface area contributed by atoms with Crippen LogP contribution in [0.15, 0.2) is 48.7 Å². The van der Waals surface area contributed by atoms with E-state index in [9.17, 15) is 5.11 Å². The van der Waals surface area contributed by atoms with Gasteiger partial charge in [0.15, 0.2) is 0 Å². The normalized spacial score (nSPS) is 13.5. The molecule has 1 heterocycles. The van der Waals surface area contributed by atoms with E-state index in [0.717, 1.165) is 14.9 Å². The van der Waals surface area contributed by atoms with E-state index in [-0.39, 0.29) is 25.2 Å². The third kappa shape index (κ3) is 7.07. The van der Waals surface area contributed by atoms with Gasteiger partial charge >= 0.3 is 0 Å². The maximum Gasteiger partial charge on any atom is 0.132 e. The van der Waals surface area contributed by atoms with E-state index < -0.39 is 6.10 Å². The molecule has 0 spiro atoms. The number of aromatic nitrogens is 3. The second-order valence-corrected chi connectivity index (χ2v) is 10.4.